The van der Waals surface area contributed by atoms with Gasteiger partial charge in [-0.3, -0.25) is 4.79 Å². The van der Waals surface area contributed by atoms with Gasteiger partial charge in [0.1, 0.15) is 0 Å². The smallest absolute Gasteiger partial charge is 0.245 e. The standard InChI is InChI=1S/C17H17N3OS/c1-12-7-6-10-14-16(12)19-17(22-14)18-15(21)11-20(2)13-8-4-3-5-9-13/h3-10H,11H2,1-2H3,(H,18,19,21). The van der Waals surface area contributed by atoms with Crippen LogP contribution in [-0.4, -0.2) is 24.5 Å². The zero-order valence-corrected chi connectivity index (χ0v) is 13.4. The van der Waals surface area contributed by atoms with Gasteiger partial charge in [0, 0.05) is 12.7 Å². The summed E-state index contributed by atoms with van der Waals surface area (Å²) < 4.78 is 1.09. The van der Waals surface area contributed by atoms with Gasteiger partial charge < -0.3 is 10.2 Å². The Labute approximate surface area is 133 Å². The molecule has 112 valence electrons. The first-order valence-electron chi connectivity index (χ1n) is 7.05. The van der Waals surface area contributed by atoms with E-state index < -0.39 is 0 Å². The Hall–Kier alpha value is -2.40. The number of fused-ring (bicyclic) bond motifs is 1. The molecule has 0 atom stereocenters. The minimum absolute atomic E-state index is 0.0666. The molecule has 2 aromatic carbocycles. The van der Waals surface area contributed by atoms with Gasteiger partial charge in [-0.15, -0.1) is 0 Å². The van der Waals surface area contributed by atoms with Gasteiger partial charge >= 0.3 is 0 Å². The van der Waals surface area contributed by atoms with Crippen molar-refractivity contribution in [2.45, 2.75) is 6.92 Å². The molecule has 3 rings (SSSR count). The van der Waals surface area contributed by atoms with E-state index in [0.29, 0.717) is 11.7 Å². The lowest BCUT2D eigenvalue weighted by Crippen LogP contribution is -2.29. The van der Waals surface area contributed by atoms with E-state index in [9.17, 15) is 4.79 Å². The molecule has 22 heavy (non-hydrogen) atoms. The minimum atomic E-state index is -0.0666. The number of carbonyl (C=O) groups is 1. The van der Waals surface area contributed by atoms with E-state index >= 15 is 0 Å². The van der Waals surface area contributed by atoms with Crippen LogP contribution in [0.4, 0.5) is 10.8 Å². The molecule has 0 aliphatic carbocycles. The summed E-state index contributed by atoms with van der Waals surface area (Å²) in [7, 11) is 1.90. The zero-order valence-electron chi connectivity index (χ0n) is 12.5. The van der Waals surface area contributed by atoms with Gasteiger partial charge in [-0.1, -0.05) is 41.7 Å². The van der Waals surface area contributed by atoms with E-state index in [1.807, 2.05) is 67.4 Å². The quantitative estimate of drug-likeness (QED) is 0.799. The Kier molecular flexibility index (Phi) is 4.06. The Balaban J connectivity index is 1.69. The summed E-state index contributed by atoms with van der Waals surface area (Å²) in [5.74, 6) is -0.0666. The summed E-state index contributed by atoms with van der Waals surface area (Å²) in [5, 5.41) is 3.53. The number of anilines is 2. The molecule has 0 fully saturated rings. The molecule has 1 heterocycles. The predicted molar refractivity (Wildman–Crippen MR) is 92.7 cm³/mol. The van der Waals surface area contributed by atoms with E-state index in [1.165, 1.54) is 11.3 Å². The molecule has 5 heteroatoms. The van der Waals surface area contributed by atoms with Crippen LogP contribution in [0.15, 0.2) is 48.5 Å². The number of para-hydroxylation sites is 2. The molecule has 1 N–H and O–H groups in total. The van der Waals surface area contributed by atoms with Gasteiger partial charge in [0.15, 0.2) is 5.13 Å². The number of aryl methyl sites for hydroxylation is 1. The van der Waals surface area contributed by atoms with Crippen LogP contribution in [0.3, 0.4) is 0 Å². The summed E-state index contributed by atoms with van der Waals surface area (Å²) in [5.41, 5.74) is 3.09. The Morgan fingerprint density at radius 2 is 1.95 bits per heavy atom. The highest BCUT2D eigenvalue weighted by atomic mass is 32.1. The molecule has 0 radical (unpaired) electrons. The van der Waals surface area contributed by atoms with Gasteiger partial charge in [0.05, 0.1) is 16.8 Å². The first-order valence-corrected chi connectivity index (χ1v) is 7.87. The van der Waals surface area contributed by atoms with E-state index in [-0.39, 0.29) is 5.91 Å². The normalized spacial score (nSPS) is 10.6. The van der Waals surface area contributed by atoms with Crippen molar-refractivity contribution in [3.63, 3.8) is 0 Å². The lowest BCUT2D eigenvalue weighted by atomic mass is 10.2. The van der Waals surface area contributed by atoms with Crippen molar-refractivity contribution in [3.05, 3.63) is 54.1 Å². The predicted octanol–water partition coefficient (Wildman–Crippen LogP) is 3.68. The van der Waals surface area contributed by atoms with Crippen molar-refractivity contribution in [3.8, 4) is 0 Å². The van der Waals surface area contributed by atoms with Crippen molar-refractivity contribution < 1.29 is 4.79 Å². The fraction of sp³-hybridized carbons (Fsp3) is 0.176. The molecular formula is C17H17N3OS. The number of nitrogens with one attached hydrogen (secondary N) is 1. The van der Waals surface area contributed by atoms with Crippen LogP contribution >= 0.6 is 11.3 Å². The summed E-state index contributed by atoms with van der Waals surface area (Å²) in [6, 6.07) is 15.9. The Morgan fingerprint density at radius 1 is 1.18 bits per heavy atom. The van der Waals surface area contributed by atoms with Gasteiger partial charge in [-0.25, -0.2) is 4.98 Å². The van der Waals surface area contributed by atoms with Crippen LogP contribution in [0.1, 0.15) is 5.56 Å². The van der Waals surface area contributed by atoms with E-state index in [4.69, 9.17) is 0 Å². The number of amides is 1. The van der Waals surface area contributed by atoms with Crippen LogP contribution in [0.2, 0.25) is 0 Å². The third kappa shape index (κ3) is 3.09. The maximum absolute atomic E-state index is 12.2. The van der Waals surface area contributed by atoms with Crippen LogP contribution in [0, 0.1) is 6.92 Å². The highest BCUT2D eigenvalue weighted by molar-refractivity contribution is 7.22. The van der Waals surface area contributed by atoms with Crippen molar-refractivity contribution in [2.24, 2.45) is 0 Å². The second kappa shape index (κ2) is 6.15. The number of benzene rings is 2. The average Bonchev–Trinajstić information content (AvgIpc) is 2.92. The molecule has 0 aliphatic heterocycles. The Morgan fingerprint density at radius 3 is 2.68 bits per heavy atom. The molecule has 3 aromatic rings. The SMILES string of the molecule is Cc1cccc2sc(NC(=O)CN(C)c3ccccc3)nc12. The molecule has 0 saturated carbocycles. The molecule has 0 aliphatic rings. The molecule has 0 unspecified atom stereocenters. The average molecular weight is 311 g/mol. The number of hydrogen-bond donors (Lipinski definition) is 1. The molecule has 1 amide bonds. The van der Waals surface area contributed by atoms with Crippen LogP contribution < -0.4 is 10.2 Å². The number of nitrogens with zero attached hydrogens (tertiary/aromatic N) is 2. The third-order valence-electron chi connectivity index (χ3n) is 3.44. The number of thiazole rings is 1. The number of likely N-dealkylation sites (N-methyl/N-ethyl adjacent to an activating group) is 1. The highest BCUT2D eigenvalue weighted by Crippen LogP contribution is 2.27. The fourth-order valence-electron chi connectivity index (χ4n) is 2.29. The van der Waals surface area contributed by atoms with Crippen molar-refractivity contribution in [1.29, 1.82) is 0 Å². The first-order chi connectivity index (χ1) is 10.6. The van der Waals surface area contributed by atoms with E-state index in [2.05, 4.69) is 10.3 Å². The lowest BCUT2D eigenvalue weighted by Gasteiger charge is -2.17. The van der Waals surface area contributed by atoms with Crippen LogP contribution in [0.5, 0.6) is 0 Å². The molecule has 1 aromatic heterocycles. The molecule has 0 bridgehead atoms. The maximum atomic E-state index is 12.2. The van der Waals surface area contributed by atoms with Crippen molar-refractivity contribution in [2.75, 3.05) is 23.8 Å². The first kappa shape index (κ1) is 14.5. The van der Waals surface area contributed by atoms with Gasteiger partial charge in [-0.05, 0) is 30.7 Å². The monoisotopic (exact) mass is 311 g/mol. The number of rotatable bonds is 4. The van der Waals surface area contributed by atoms with Crippen molar-refractivity contribution >= 4 is 38.3 Å². The second-order valence-corrected chi connectivity index (χ2v) is 6.21. The third-order valence-corrected chi connectivity index (χ3v) is 4.38. The summed E-state index contributed by atoms with van der Waals surface area (Å²) in [6.45, 7) is 2.32. The molecule has 0 saturated heterocycles. The van der Waals surface area contributed by atoms with Crippen LogP contribution in [0.25, 0.3) is 10.2 Å². The molecule has 4 nitrogen and oxygen atoms in total. The molecular weight excluding hydrogens is 294 g/mol. The van der Waals surface area contributed by atoms with Crippen LogP contribution in [-0.2, 0) is 4.79 Å². The summed E-state index contributed by atoms with van der Waals surface area (Å²) >= 11 is 1.50. The number of carbonyl (C=O) groups excluding carboxylic acids is 1. The number of aromatic nitrogens is 1. The fourth-order valence-corrected chi connectivity index (χ4v) is 3.25. The summed E-state index contributed by atoms with van der Waals surface area (Å²) in [4.78, 5) is 18.6. The van der Waals surface area contributed by atoms with Crippen molar-refractivity contribution in [1.82, 2.24) is 4.98 Å². The number of hydrogen-bond acceptors (Lipinski definition) is 4. The summed E-state index contributed by atoms with van der Waals surface area (Å²) in [6.07, 6.45) is 0. The van der Waals surface area contributed by atoms with Gasteiger partial charge in [-0.2, -0.15) is 0 Å². The second-order valence-electron chi connectivity index (χ2n) is 5.18. The van der Waals surface area contributed by atoms with E-state index in [0.717, 1.165) is 21.5 Å². The topological polar surface area (TPSA) is 45.2 Å². The van der Waals surface area contributed by atoms with Gasteiger partial charge in [0.2, 0.25) is 5.91 Å². The zero-order chi connectivity index (χ0) is 15.5. The highest BCUT2D eigenvalue weighted by Gasteiger charge is 2.11. The lowest BCUT2D eigenvalue weighted by molar-refractivity contribution is -0.114. The minimum Gasteiger partial charge on any atom is -0.365 e. The Bertz CT molecular complexity index is 798. The molecule has 0 spiro atoms. The van der Waals surface area contributed by atoms with E-state index in [1.54, 1.807) is 0 Å². The largest absolute Gasteiger partial charge is 0.365 e. The maximum Gasteiger partial charge on any atom is 0.245 e. The van der Waals surface area contributed by atoms with Gasteiger partial charge in [0.25, 0.3) is 0 Å².